The van der Waals surface area contributed by atoms with Gasteiger partial charge in [0.25, 0.3) is 10.0 Å². The van der Waals surface area contributed by atoms with Crippen molar-refractivity contribution >= 4 is 47.4 Å². The molecular weight excluding hydrogens is 424 g/mol. The number of benzene rings is 2. The highest BCUT2D eigenvalue weighted by molar-refractivity contribution is 7.90. The molecule has 1 aromatic heterocycles. The number of fused-ring (bicyclic) bond motifs is 1. The molecule has 8 nitrogen and oxygen atoms in total. The van der Waals surface area contributed by atoms with Gasteiger partial charge in [0.15, 0.2) is 9.84 Å². The number of thiazole rings is 1. The van der Waals surface area contributed by atoms with Crippen molar-refractivity contribution in [2.75, 3.05) is 13.4 Å². The van der Waals surface area contributed by atoms with E-state index in [1.54, 1.807) is 18.2 Å². The lowest BCUT2D eigenvalue weighted by Gasteiger charge is -2.04. The fourth-order valence-electron chi connectivity index (χ4n) is 2.45. The first-order valence-electron chi connectivity index (χ1n) is 7.88. The SMILES string of the molecule is COC(=O)Cn1c(=NS(=O)(=O)c2ccccc2)sc2cc(S(C)(=O)=O)ccc21. The molecule has 3 aromatic rings. The normalized spacial score (nSPS) is 13.0. The van der Waals surface area contributed by atoms with Crippen LogP contribution < -0.4 is 4.80 Å². The predicted octanol–water partition coefficient (Wildman–Crippen LogP) is 1.57. The third-order valence-electron chi connectivity index (χ3n) is 3.84. The first kappa shape index (κ1) is 20.2. The molecule has 0 radical (unpaired) electrons. The Hall–Kier alpha value is -2.50. The van der Waals surface area contributed by atoms with Gasteiger partial charge in [-0.2, -0.15) is 8.42 Å². The quantitative estimate of drug-likeness (QED) is 0.557. The number of aromatic nitrogens is 1. The molecule has 0 saturated heterocycles. The number of carbonyl (C=O) groups excluding carboxylic acids is 1. The van der Waals surface area contributed by atoms with Crippen LogP contribution in [0.15, 0.2) is 62.7 Å². The van der Waals surface area contributed by atoms with Crippen molar-refractivity contribution in [3.8, 4) is 0 Å². The third-order valence-corrected chi connectivity index (χ3v) is 7.38. The fourth-order valence-corrected chi connectivity index (χ4v) is 5.46. The summed E-state index contributed by atoms with van der Waals surface area (Å²) >= 11 is 0.973. The van der Waals surface area contributed by atoms with E-state index in [1.807, 2.05) is 0 Å². The van der Waals surface area contributed by atoms with Gasteiger partial charge in [-0.15, -0.1) is 4.40 Å². The van der Waals surface area contributed by atoms with Crippen LogP contribution in [-0.2, 0) is 35.9 Å². The Bertz CT molecular complexity index is 1320. The van der Waals surface area contributed by atoms with Gasteiger partial charge in [-0.25, -0.2) is 8.42 Å². The molecule has 0 amide bonds. The van der Waals surface area contributed by atoms with Crippen LogP contribution in [0.25, 0.3) is 10.2 Å². The largest absolute Gasteiger partial charge is 0.468 e. The van der Waals surface area contributed by atoms with E-state index in [0.717, 1.165) is 17.6 Å². The summed E-state index contributed by atoms with van der Waals surface area (Å²) in [5, 5.41) is 0. The molecule has 0 aliphatic rings. The Labute approximate surface area is 165 Å². The zero-order chi connectivity index (χ0) is 20.5. The van der Waals surface area contributed by atoms with Crippen LogP contribution in [-0.4, -0.2) is 40.7 Å². The number of methoxy groups -OCH3 is 1. The number of esters is 1. The molecule has 0 unspecified atom stereocenters. The van der Waals surface area contributed by atoms with Crippen LogP contribution in [0.1, 0.15) is 0 Å². The number of carbonyl (C=O) groups is 1. The van der Waals surface area contributed by atoms with Gasteiger partial charge in [0.05, 0.1) is 27.1 Å². The second kappa shape index (κ2) is 7.49. The lowest BCUT2D eigenvalue weighted by Crippen LogP contribution is -2.22. The summed E-state index contributed by atoms with van der Waals surface area (Å²) in [4.78, 5) is 11.9. The second-order valence-corrected chi connectivity index (χ2v) is 10.5. The molecule has 0 saturated carbocycles. The summed E-state index contributed by atoms with van der Waals surface area (Å²) in [5.74, 6) is -0.592. The Morgan fingerprint density at radius 3 is 2.36 bits per heavy atom. The average Bonchev–Trinajstić information content (AvgIpc) is 2.97. The molecule has 1 heterocycles. The Balaban J connectivity index is 2.28. The van der Waals surface area contributed by atoms with Gasteiger partial charge in [0.1, 0.15) is 6.54 Å². The van der Waals surface area contributed by atoms with E-state index < -0.39 is 25.8 Å². The van der Waals surface area contributed by atoms with Gasteiger partial charge in [0, 0.05) is 6.26 Å². The zero-order valence-electron chi connectivity index (χ0n) is 14.9. The maximum Gasteiger partial charge on any atom is 0.325 e. The van der Waals surface area contributed by atoms with E-state index in [-0.39, 0.29) is 21.1 Å². The summed E-state index contributed by atoms with van der Waals surface area (Å²) in [6, 6.07) is 12.0. The van der Waals surface area contributed by atoms with Crippen LogP contribution in [0.3, 0.4) is 0 Å². The number of sulfone groups is 1. The van der Waals surface area contributed by atoms with E-state index in [1.165, 1.54) is 42.0 Å². The number of rotatable bonds is 5. The van der Waals surface area contributed by atoms with Crippen LogP contribution >= 0.6 is 11.3 Å². The van der Waals surface area contributed by atoms with Gasteiger partial charge in [-0.05, 0) is 30.3 Å². The maximum absolute atomic E-state index is 12.6. The minimum atomic E-state index is -4.02. The fraction of sp³-hybridized carbons (Fsp3) is 0.176. The Morgan fingerprint density at radius 2 is 1.75 bits per heavy atom. The number of ether oxygens (including phenoxy) is 1. The summed E-state index contributed by atoms with van der Waals surface area (Å²) in [7, 11) is -6.25. The number of sulfonamides is 1. The molecule has 0 bridgehead atoms. The highest BCUT2D eigenvalue weighted by Gasteiger charge is 2.17. The van der Waals surface area contributed by atoms with Crippen LogP contribution in [0, 0.1) is 0 Å². The molecule has 0 spiro atoms. The average molecular weight is 441 g/mol. The summed E-state index contributed by atoms with van der Waals surface area (Å²) in [6.45, 7) is -0.266. The van der Waals surface area contributed by atoms with E-state index >= 15 is 0 Å². The summed E-state index contributed by atoms with van der Waals surface area (Å²) in [5.41, 5.74) is 0.477. The zero-order valence-corrected chi connectivity index (χ0v) is 17.3. The Morgan fingerprint density at radius 1 is 1.07 bits per heavy atom. The predicted molar refractivity (Wildman–Crippen MR) is 104 cm³/mol. The molecular formula is C17H16N2O6S3. The molecule has 148 valence electrons. The molecule has 0 atom stereocenters. The smallest absolute Gasteiger partial charge is 0.325 e. The highest BCUT2D eigenvalue weighted by atomic mass is 32.2. The Kier molecular flexibility index (Phi) is 5.41. The van der Waals surface area contributed by atoms with Crippen molar-refractivity contribution in [1.29, 1.82) is 0 Å². The molecule has 11 heteroatoms. The highest BCUT2D eigenvalue weighted by Crippen LogP contribution is 2.22. The molecule has 3 rings (SSSR count). The molecule has 28 heavy (non-hydrogen) atoms. The van der Waals surface area contributed by atoms with E-state index in [9.17, 15) is 21.6 Å². The number of nitrogens with zero attached hydrogens (tertiary/aromatic N) is 2. The molecule has 0 fully saturated rings. The first-order chi connectivity index (χ1) is 13.1. The van der Waals surface area contributed by atoms with E-state index in [2.05, 4.69) is 9.13 Å². The van der Waals surface area contributed by atoms with E-state index in [4.69, 9.17) is 0 Å². The molecule has 2 aromatic carbocycles. The molecule has 0 aliphatic heterocycles. The van der Waals surface area contributed by atoms with Crippen LogP contribution in [0.2, 0.25) is 0 Å². The van der Waals surface area contributed by atoms with Gasteiger partial charge < -0.3 is 9.30 Å². The third kappa shape index (κ3) is 4.16. The van der Waals surface area contributed by atoms with Gasteiger partial charge >= 0.3 is 5.97 Å². The van der Waals surface area contributed by atoms with Crippen molar-refractivity contribution in [1.82, 2.24) is 4.57 Å². The van der Waals surface area contributed by atoms with Crippen LogP contribution in [0.4, 0.5) is 0 Å². The lowest BCUT2D eigenvalue weighted by atomic mass is 10.3. The van der Waals surface area contributed by atoms with Crippen molar-refractivity contribution in [3.63, 3.8) is 0 Å². The second-order valence-electron chi connectivity index (χ2n) is 5.83. The minimum Gasteiger partial charge on any atom is -0.468 e. The first-order valence-corrected chi connectivity index (χ1v) is 12.0. The van der Waals surface area contributed by atoms with Crippen molar-refractivity contribution in [2.45, 2.75) is 16.3 Å². The van der Waals surface area contributed by atoms with Crippen LogP contribution in [0.5, 0.6) is 0 Å². The summed E-state index contributed by atoms with van der Waals surface area (Å²) < 4.78 is 59.3. The van der Waals surface area contributed by atoms with Crippen molar-refractivity contribution < 1.29 is 26.4 Å². The number of hydrogen-bond acceptors (Lipinski definition) is 7. The van der Waals surface area contributed by atoms with Gasteiger partial charge in [0.2, 0.25) is 4.80 Å². The molecule has 0 aliphatic carbocycles. The topological polar surface area (TPSA) is 112 Å². The van der Waals surface area contributed by atoms with E-state index in [0.29, 0.717) is 10.2 Å². The van der Waals surface area contributed by atoms with Gasteiger partial charge in [-0.1, -0.05) is 29.5 Å². The lowest BCUT2D eigenvalue weighted by molar-refractivity contribution is -0.141. The minimum absolute atomic E-state index is 0.00824. The van der Waals surface area contributed by atoms with Crippen molar-refractivity contribution in [3.05, 3.63) is 53.3 Å². The van der Waals surface area contributed by atoms with Gasteiger partial charge in [-0.3, -0.25) is 4.79 Å². The monoisotopic (exact) mass is 440 g/mol. The standard InChI is InChI=1S/C17H16N2O6S3/c1-25-16(20)11-19-14-9-8-13(27(2,21)22)10-15(14)26-17(19)18-28(23,24)12-6-4-3-5-7-12/h3-10H,11H2,1-2H3. The maximum atomic E-state index is 12.6. The molecule has 0 N–H and O–H groups in total. The van der Waals surface area contributed by atoms with Crippen molar-refractivity contribution in [2.24, 2.45) is 4.40 Å². The number of hydrogen-bond donors (Lipinski definition) is 0. The summed E-state index contributed by atoms with van der Waals surface area (Å²) in [6.07, 6.45) is 1.08.